The molecule has 3 rings (SSSR count). The van der Waals surface area contributed by atoms with Crippen molar-refractivity contribution in [2.45, 2.75) is 45.1 Å². The first-order valence-electron chi connectivity index (χ1n) is 5.28. The minimum absolute atomic E-state index is 0.0293. The van der Waals surface area contributed by atoms with E-state index in [0.29, 0.717) is 12.3 Å². The van der Waals surface area contributed by atoms with Gasteiger partial charge in [0.1, 0.15) is 5.60 Å². The van der Waals surface area contributed by atoms with Crippen LogP contribution < -0.4 is 0 Å². The fourth-order valence-electron chi connectivity index (χ4n) is 4.02. The van der Waals surface area contributed by atoms with E-state index in [9.17, 15) is 4.79 Å². The van der Waals surface area contributed by atoms with Crippen LogP contribution in [0.2, 0.25) is 0 Å². The zero-order valence-corrected chi connectivity index (χ0v) is 8.30. The van der Waals surface area contributed by atoms with E-state index in [1.807, 2.05) is 0 Å². The van der Waals surface area contributed by atoms with Crippen LogP contribution in [0.1, 0.15) is 39.5 Å². The third-order valence-electron chi connectivity index (χ3n) is 5.08. The second-order valence-corrected chi connectivity index (χ2v) is 5.38. The molecule has 0 aromatic carbocycles. The first-order chi connectivity index (χ1) is 6.06. The summed E-state index contributed by atoms with van der Waals surface area (Å²) in [6.45, 7) is 4.41. The lowest BCUT2D eigenvalue weighted by atomic mass is 9.65. The molecule has 0 aromatic heterocycles. The van der Waals surface area contributed by atoms with E-state index >= 15 is 0 Å². The molecule has 1 saturated heterocycles. The molecule has 0 unspecified atom stereocenters. The van der Waals surface area contributed by atoms with Crippen molar-refractivity contribution in [3.8, 4) is 0 Å². The highest BCUT2D eigenvalue weighted by molar-refractivity contribution is 5.74. The highest BCUT2D eigenvalue weighted by atomic mass is 16.6. The van der Waals surface area contributed by atoms with Crippen molar-refractivity contribution in [2.75, 3.05) is 0 Å². The predicted octanol–water partition coefficient (Wildman–Crippen LogP) is 2.13. The van der Waals surface area contributed by atoms with Gasteiger partial charge in [-0.25, -0.2) is 0 Å². The fraction of sp³-hybridized carbons (Fsp3) is 0.909. The third kappa shape index (κ3) is 0.660. The number of rotatable bonds is 0. The number of hydrogen-bond donors (Lipinski definition) is 0. The predicted molar refractivity (Wildman–Crippen MR) is 48.1 cm³/mol. The molecule has 0 amide bonds. The van der Waals surface area contributed by atoms with E-state index in [-0.39, 0.29) is 17.0 Å². The van der Waals surface area contributed by atoms with E-state index < -0.39 is 0 Å². The number of fused-ring (bicyclic) bond motifs is 5. The summed E-state index contributed by atoms with van der Waals surface area (Å²) in [7, 11) is 0. The molecule has 1 heterocycles. The van der Waals surface area contributed by atoms with Crippen LogP contribution in [0.15, 0.2) is 0 Å². The molecule has 0 N–H and O–H groups in total. The Morgan fingerprint density at radius 1 is 1.31 bits per heavy atom. The van der Waals surface area contributed by atoms with Crippen molar-refractivity contribution in [3.63, 3.8) is 0 Å². The zero-order chi connectivity index (χ0) is 9.27. The van der Waals surface area contributed by atoms with Crippen LogP contribution in [0.5, 0.6) is 0 Å². The van der Waals surface area contributed by atoms with Gasteiger partial charge >= 0.3 is 5.97 Å². The molecular formula is C11H16O2. The van der Waals surface area contributed by atoms with Crippen molar-refractivity contribution >= 4 is 5.97 Å². The zero-order valence-electron chi connectivity index (χ0n) is 8.30. The lowest BCUT2D eigenvalue weighted by molar-refractivity contribution is -0.154. The summed E-state index contributed by atoms with van der Waals surface area (Å²) in [5.74, 6) is 1.42. The Labute approximate surface area is 78.6 Å². The molecule has 72 valence electrons. The van der Waals surface area contributed by atoms with Gasteiger partial charge in [0.15, 0.2) is 0 Å². The van der Waals surface area contributed by atoms with Gasteiger partial charge in [-0.3, -0.25) is 4.79 Å². The van der Waals surface area contributed by atoms with E-state index in [0.717, 1.165) is 5.92 Å². The average molecular weight is 180 g/mol. The van der Waals surface area contributed by atoms with E-state index in [2.05, 4.69) is 13.8 Å². The Balaban J connectivity index is 2.10. The Bertz CT molecular complexity index is 260. The van der Waals surface area contributed by atoms with Crippen LogP contribution in [-0.4, -0.2) is 11.6 Å². The smallest absolute Gasteiger partial charge is 0.307 e. The second kappa shape index (κ2) is 1.94. The first kappa shape index (κ1) is 7.84. The number of carbonyl (C=O) groups excluding carboxylic acids is 1. The molecule has 2 aliphatic carbocycles. The van der Waals surface area contributed by atoms with Crippen LogP contribution in [0.4, 0.5) is 0 Å². The maximum atomic E-state index is 11.4. The largest absolute Gasteiger partial charge is 0.458 e. The molecular weight excluding hydrogens is 164 g/mol. The summed E-state index contributed by atoms with van der Waals surface area (Å²) < 4.78 is 5.57. The second-order valence-electron chi connectivity index (χ2n) is 5.38. The van der Waals surface area contributed by atoms with E-state index in [1.165, 1.54) is 19.3 Å². The summed E-state index contributed by atoms with van der Waals surface area (Å²) in [5, 5.41) is 0. The normalized spacial score (nSPS) is 58.2. The monoisotopic (exact) mass is 180 g/mol. The maximum absolute atomic E-state index is 11.4. The topological polar surface area (TPSA) is 26.3 Å². The number of hydrogen-bond acceptors (Lipinski definition) is 2. The van der Waals surface area contributed by atoms with Crippen LogP contribution in [0, 0.1) is 17.3 Å². The molecule has 0 aromatic rings. The molecule has 2 saturated carbocycles. The van der Waals surface area contributed by atoms with Crippen LogP contribution >= 0.6 is 0 Å². The quantitative estimate of drug-likeness (QED) is 0.534. The van der Waals surface area contributed by atoms with E-state index in [4.69, 9.17) is 4.74 Å². The molecule has 3 aliphatic rings. The van der Waals surface area contributed by atoms with Gasteiger partial charge in [0.05, 0.1) is 6.42 Å². The Morgan fingerprint density at radius 3 is 2.69 bits per heavy atom. The van der Waals surface area contributed by atoms with Crippen LogP contribution in [0.3, 0.4) is 0 Å². The van der Waals surface area contributed by atoms with Crippen molar-refractivity contribution in [3.05, 3.63) is 0 Å². The molecule has 0 radical (unpaired) electrons. The summed E-state index contributed by atoms with van der Waals surface area (Å²) in [5.41, 5.74) is 0.0417. The van der Waals surface area contributed by atoms with Gasteiger partial charge in [-0.2, -0.15) is 0 Å². The Morgan fingerprint density at radius 2 is 2.00 bits per heavy atom. The highest BCUT2D eigenvalue weighted by Crippen LogP contribution is 2.67. The molecule has 0 spiro atoms. The third-order valence-corrected chi connectivity index (χ3v) is 5.08. The van der Waals surface area contributed by atoms with Crippen LogP contribution in [0.25, 0.3) is 0 Å². The number of carbonyl (C=O) groups is 1. The van der Waals surface area contributed by atoms with Crippen molar-refractivity contribution in [1.82, 2.24) is 0 Å². The lowest BCUT2D eigenvalue weighted by Crippen LogP contribution is -2.45. The van der Waals surface area contributed by atoms with Gasteiger partial charge < -0.3 is 4.74 Å². The minimum Gasteiger partial charge on any atom is -0.458 e. The summed E-state index contributed by atoms with van der Waals surface area (Å²) in [6, 6.07) is 0. The Kier molecular flexibility index (Phi) is 1.17. The summed E-state index contributed by atoms with van der Waals surface area (Å²) in [6.07, 6.45) is 4.53. The molecule has 1 aliphatic heterocycles. The SMILES string of the molecule is C[C@@]12OC(=O)C[C@]1(C)[C@@H]1CC[C@H]2C1. The van der Waals surface area contributed by atoms with Crippen molar-refractivity contribution < 1.29 is 9.53 Å². The van der Waals surface area contributed by atoms with Crippen molar-refractivity contribution in [1.29, 1.82) is 0 Å². The molecule has 4 atom stereocenters. The molecule has 2 heteroatoms. The highest BCUT2D eigenvalue weighted by Gasteiger charge is 2.68. The number of ether oxygens (including phenoxy) is 1. The van der Waals surface area contributed by atoms with Gasteiger partial charge in [-0.1, -0.05) is 6.92 Å². The van der Waals surface area contributed by atoms with Gasteiger partial charge in [-0.05, 0) is 38.0 Å². The standard InChI is InChI=1S/C11H16O2/c1-10-6-9(12)13-11(10,2)8-4-3-7(10)5-8/h7-8H,3-6H2,1-2H3/t7-,8+,10-,11+/m1/s1. The Hall–Kier alpha value is -0.530. The molecule has 3 fully saturated rings. The summed E-state index contributed by atoms with van der Waals surface area (Å²) >= 11 is 0. The molecule has 2 bridgehead atoms. The number of esters is 1. The van der Waals surface area contributed by atoms with Gasteiger partial charge in [0.2, 0.25) is 0 Å². The minimum atomic E-state index is -0.118. The molecule has 13 heavy (non-hydrogen) atoms. The van der Waals surface area contributed by atoms with Crippen molar-refractivity contribution in [2.24, 2.45) is 17.3 Å². The fourth-order valence-corrected chi connectivity index (χ4v) is 4.02. The molecule has 2 nitrogen and oxygen atoms in total. The lowest BCUT2D eigenvalue weighted by Gasteiger charge is -2.41. The summed E-state index contributed by atoms with van der Waals surface area (Å²) in [4.78, 5) is 11.4. The first-order valence-corrected chi connectivity index (χ1v) is 5.28. The average Bonchev–Trinajstić information content (AvgIpc) is 2.59. The van der Waals surface area contributed by atoms with Crippen LogP contribution in [-0.2, 0) is 9.53 Å². The van der Waals surface area contributed by atoms with E-state index in [1.54, 1.807) is 0 Å². The van der Waals surface area contributed by atoms with Gasteiger partial charge in [0, 0.05) is 5.41 Å². The van der Waals surface area contributed by atoms with Gasteiger partial charge in [0.25, 0.3) is 0 Å². The van der Waals surface area contributed by atoms with Gasteiger partial charge in [-0.15, -0.1) is 0 Å². The maximum Gasteiger partial charge on any atom is 0.307 e.